The van der Waals surface area contributed by atoms with Crippen molar-refractivity contribution in [1.82, 2.24) is 4.98 Å². The van der Waals surface area contributed by atoms with Crippen molar-refractivity contribution in [3.8, 4) is 0 Å². The Kier molecular flexibility index (Phi) is 1.99. The summed E-state index contributed by atoms with van der Waals surface area (Å²) in [5, 5.41) is 3.57. The van der Waals surface area contributed by atoms with Crippen molar-refractivity contribution in [2.75, 3.05) is 0 Å². The summed E-state index contributed by atoms with van der Waals surface area (Å²) in [7, 11) is 0. The van der Waals surface area contributed by atoms with Crippen molar-refractivity contribution < 1.29 is 0 Å². The fourth-order valence-corrected chi connectivity index (χ4v) is 2.91. The second-order valence-corrected chi connectivity index (χ2v) is 5.90. The number of hydrogen-bond donors (Lipinski definition) is 0. The zero-order valence-corrected chi connectivity index (χ0v) is 9.61. The lowest BCUT2D eigenvalue weighted by atomic mass is 10.1. The highest BCUT2D eigenvalue weighted by Gasteiger charge is 2.48. The summed E-state index contributed by atoms with van der Waals surface area (Å²) in [6.45, 7) is 9.07. The number of hydrogen-bond acceptors (Lipinski definition) is 2. The van der Waals surface area contributed by atoms with Gasteiger partial charge in [-0.2, -0.15) is 0 Å². The highest BCUT2D eigenvalue weighted by atomic mass is 32.1. The molecular formula is C11H17NS. The van der Waals surface area contributed by atoms with E-state index in [1.54, 1.807) is 0 Å². The lowest BCUT2D eigenvalue weighted by molar-refractivity contribution is 0.619. The maximum atomic E-state index is 4.69. The summed E-state index contributed by atoms with van der Waals surface area (Å²) in [6.07, 6.45) is 1.32. The lowest BCUT2D eigenvalue weighted by Crippen LogP contribution is -1.91. The Labute approximate surface area is 84.2 Å². The van der Waals surface area contributed by atoms with Crippen LogP contribution in [0.5, 0.6) is 0 Å². The minimum absolute atomic E-state index is 0.520. The molecule has 1 aliphatic rings. The van der Waals surface area contributed by atoms with Crippen LogP contribution in [-0.4, -0.2) is 4.98 Å². The zero-order chi connectivity index (χ0) is 9.64. The van der Waals surface area contributed by atoms with Gasteiger partial charge in [-0.15, -0.1) is 11.3 Å². The van der Waals surface area contributed by atoms with Gasteiger partial charge >= 0.3 is 0 Å². The number of nitrogens with zero attached hydrogens (tertiary/aromatic N) is 1. The molecule has 1 nitrogen and oxygen atoms in total. The van der Waals surface area contributed by atoms with Crippen molar-refractivity contribution in [3.63, 3.8) is 0 Å². The van der Waals surface area contributed by atoms with Gasteiger partial charge < -0.3 is 0 Å². The van der Waals surface area contributed by atoms with Crippen LogP contribution >= 0.6 is 11.3 Å². The molecule has 0 N–H and O–H groups in total. The van der Waals surface area contributed by atoms with Crippen molar-refractivity contribution in [2.45, 2.75) is 46.0 Å². The van der Waals surface area contributed by atoms with Gasteiger partial charge in [-0.05, 0) is 17.8 Å². The molecule has 1 heterocycles. The molecule has 1 aromatic rings. The van der Waals surface area contributed by atoms with Gasteiger partial charge in [0.1, 0.15) is 0 Å². The molecule has 0 saturated heterocycles. The molecule has 1 unspecified atom stereocenters. The van der Waals surface area contributed by atoms with Crippen LogP contribution in [0.4, 0.5) is 0 Å². The fraction of sp³-hybridized carbons (Fsp3) is 0.727. The molecule has 1 saturated carbocycles. The van der Waals surface area contributed by atoms with E-state index in [1.165, 1.54) is 17.1 Å². The predicted octanol–water partition coefficient (Wildman–Crippen LogP) is 3.78. The molecule has 0 aromatic carbocycles. The summed E-state index contributed by atoms with van der Waals surface area (Å²) in [6, 6.07) is 0. The summed E-state index contributed by atoms with van der Waals surface area (Å²) >= 11 is 1.84. The summed E-state index contributed by atoms with van der Waals surface area (Å²) < 4.78 is 0. The lowest BCUT2D eigenvalue weighted by Gasteiger charge is -1.99. The Hall–Kier alpha value is -0.370. The monoisotopic (exact) mass is 195 g/mol. The van der Waals surface area contributed by atoms with E-state index < -0.39 is 0 Å². The van der Waals surface area contributed by atoms with Crippen LogP contribution in [0.2, 0.25) is 0 Å². The molecular weight excluding hydrogens is 178 g/mol. The van der Waals surface area contributed by atoms with E-state index in [2.05, 4.69) is 38.1 Å². The van der Waals surface area contributed by atoms with E-state index in [4.69, 9.17) is 0 Å². The largest absolute Gasteiger partial charge is 0.246 e. The van der Waals surface area contributed by atoms with Crippen molar-refractivity contribution in [1.29, 1.82) is 0 Å². The Bertz CT molecular complexity index is 312. The summed E-state index contributed by atoms with van der Waals surface area (Å²) in [4.78, 5) is 4.69. The third kappa shape index (κ3) is 1.64. The molecule has 0 radical (unpaired) electrons. The minimum Gasteiger partial charge on any atom is -0.246 e. The molecule has 1 fully saturated rings. The maximum Gasteiger partial charge on any atom is 0.0964 e. The molecule has 2 heteroatoms. The van der Waals surface area contributed by atoms with Crippen molar-refractivity contribution in [3.05, 3.63) is 16.1 Å². The van der Waals surface area contributed by atoms with Crippen LogP contribution < -0.4 is 0 Å². The smallest absolute Gasteiger partial charge is 0.0964 e. The first-order valence-corrected chi connectivity index (χ1v) is 5.84. The molecule has 0 spiro atoms. The van der Waals surface area contributed by atoms with Crippen LogP contribution in [0.25, 0.3) is 0 Å². The molecule has 72 valence electrons. The van der Waals surface area contributed by atoms with Gasteiger partial charge in [-0.25, -0.2) is 4.98 Å². The minimum atomic E-state index is 0.520. The van der Waals surface area contributed by atoms with E-state index in [1.807, 2.05) is 11.3 Å². The van der Waals surface area contributed by atoms with Gasteiger partial charge in [0.2, 0.25) is 0 Å². The Morgan fingerprint density at radius 2 is 2.15 bits per heavy atom. The fourth-order valence-electron chi connectivity index (χ4n) is 1.61. The SMILES string of the molecule is CC(C)c1csc(C2CC2(C)C)n1. The van der Waals surface area contributed by atoms with Gasteiger partial charge in [0.25, 0.3) is 0 Å². The molecule has 1 aromatic heterocycles. The van der Waals surface area contributed by atoms with E-state index in [-0.39, 0.29) is 0 Å². The number of rotatable bonds is 2. The van der Waals surface area contributed by atoms with Gasteiger partial charge in [0, 0.05) is 11.3 Å². The van der Waals surface area contributed by atoms with Gasteiger partial charge in [0.15, 0.2) is 0 Å². The highest BCUT2D eigenvalue weighted by molar-refractivity contribution is 7.09. The molecule has 1 aliphatic carbocycles. The second kappa shape index (κ2) is 2.81. The molecule has 1 atom stereocenters. The van der Waals surface area contributed by atoms with E-state index >= 15 is 0 Å². The molecule has 0 bridgehead atoms. The average molecular weight is 195 g/mol. The quantitative estimate of drug-likeness (QED) is 0.700. The van der Waals surface area contributed by atoms with Gasteiger partial charge in [-0.1, -0.05) is 27.7 Å². The Balaban J connectivity index is 2.16. The highest BCUT2D eigenvalue weighted by Crippen LogP contribution is 2.59. The molecule has 0 amide bonds. The standard InChI is InChI=1S/C11H17NS/c1-7(2)9-6-13-10(12-9)8-5-11(8,3)4/h6-8H,5H2,1-4H3. The van der Waals surface area contributed by atoms with Gasteiger partial charge in [0.05, 0.1) is 10.7 Å². The van der Waals surface area contributed by atoms with E-state index in [0.29, 0.717) is 11.3 Å². The predicted molar refractivity (Wildman–Crippen MR) is 57.3 cm³/mol. The van der Waals surface area contributed by atoms with Crippen molar-refractivity contribution in [2.24, 2.45) is 5.41 Å². The Morgan fingerprint density at radius 1 is 1.54 bits per heavy atom. The van der Waals surface area contributed by atoms with Crippen LogP contribution in [0.3, 0.4) is 0 Å². The van der Waals surface area contributed by atoms with E-state index in [0.717, 1.165) is 5.92 Å². The molecule has 13 heavy (non-hydrogen) atoms. The zero-order valence-electron chi connectivity index (χ0n) is 8.79. The third-order valence-corrected chi connectivity index (χ3v) is 3.92. The summed E-state index contributed by atoms with van der Waals surface area (Å²) in [5.41, 5.74) is 1.79. The van der Waals surface area contributed by atoms with E-state index in [9.17, 15) is 0 Å². The first kappa shape index (κ1) is 9.20. The second-order valence-electron chi connectivity index (χ2n) is 5.01. The van der Waals surface area contributed by atoms with Crippen molar-refractivity contribution >= 4 is 11.3 Å². The number of thiazole rings is 1. The Morgan fingerprint density at radius 3 is 2.54 bits per heavy atom. The van der Waals surface area contributed by atoms with Gasteiger partial charge in [-0.3, -0.25) is 0 Å². The molecule has 2 rings (SSSR count). The normalized spacial score (nSPS) is 25.2. The first-order valence-electron chi connectivity index (χ1n) is 4.96. The molecule has 0 aliphatic heterocycles. The third-order valence-electron chi connectivity index (χ3n) is 2.94. The first-order chi connectivity index (χ1) is 6.00. The average Bonchev–Trinajstić information content (AvgIpc) is 2.50. The summed E-state index contributed by atoms with van der Waals surface area (Å²) in [5.74, 6) is 1.32. The number of aromatic nitrogens is 1. The van der Waals surface area contributed by atoms with Crippen LogP contribution in [-0.2, 0) is 0 Å². The maximum absolute atomic E-state index is 4.69. The van der Waals surface area contributed by atoms with Crippen LogP contribution in [0.1, 0.15) is 56.7 Å². The topological polar surface area (TPSA) is 12.9 Å². The van der Waals surface area contributed by atoms with Crippen LogP contribution in [0, 0.1) is 5.41 Å². The van der Waals surface area contributed by atoms with Crippen LogP contribution in [0.15, 0.2) is 5.38 Å².